The molecule has 2 N–H and O–H groups in total. The van der Waals surface area contributed by atoms with Gasteiger partial charge in [-0.15, -0.1) is 0 Å². The second-order valence-electron chi connectivity index (χ2n) is 6.56. The van der Waals surface area contributed by atoms with Crippen LogP contribution in [0.5, 0.6) is 0 Å². The largest absolute Gasteiger partial charge is 0.416 e. The van der Waals surface area contributed by atoms with Gasteiger partial charge in [-0.2, -0.15) is 13.2 Å². The van der Waals surface area contributed by atoms with Crippen LogP contribution >= 0.6 is 0 Å². The van der Waals surface area contributed by atoms with Gasteiger partial charge in [0.2, 0.25) is 5.91 Å². The van der Waals surface area contributed by atoms with Crippen LogP contribution in [0.3, 0.4) is 0 Å². The maximum atomic E-state index is 12.9. The van der Waals surface area contributed by atoms with E-state index in [0.717, 1.165) is 12.1 Å². The third-order valence-corrected chi connectivity index (χ3v) is 4.21. The number of hydrogen-bond donors (Lipinski definition) is 2. The van der Waals surface area contributed by atoms with Crippen molar-refractivity contribution in [1.29, 1.82) is 0 Å². The standard InChI is InChI=1S/C22H17F3N4O2/c1-14-5-7-16(21(31)28-18-4-2-3-17(10-18)22(23,24)25)9-19(14)29-20(30)8-6-15-11-26-13-27-12-15/h2-13H,1H3,(H,28,31)(H,29,30)/b8-6+. The summed E-state index contributed by atoms with van der Waals surface area (Å²) in [5.41, 5.74) is 1.08. The van der Waals surface area contributed by atoms with Gasteiger partial charge in [0.15, 0.2) is 0 Å². The van der Waals surface area contributed by atoms with E-state index in [1.54, 1.807) is 25.4 Å². The Kier molecular flexibility index (Phi) is 6.44. The van der Waals surface area contributed by atoms with E-state index >= 15 is 0 Å². The quantitative estimate of drug-likeness (QED) is 0.579. The van der Waals surface area contributed by atoms with Crippen molar-refractivity contribution in [2.75, 3.05) is 10.6 Å². The van der Waals surface area contributed by atoms with Crippen molar-refractivity contribution in [3.05, 3.63) is 89.5 Å². The van der Waals surface area contributed by atoms with Crippen molar-refractivity contribution in [1.82, 2.24) is 9.97 Å². The van der Waals surface area contributed by atoms with Crippen LogP contribution < -0.4 is 10.6 Å². The zero-order valence-electron chi connectivity index (χ0n) is 16.3. The van der Waals surface area contributed by atoms with Crippen LogP contribution in [0.25, 0.3) is 6.08 Å². The van der Waals surface area contributed by atoms with Crippen LogP contribution in [0.1, 0.15) is 27.0 Å². The van der Waals surface area contributed by atoms with Crippen LogP contribution in [0.4, 0.5) is 24.5 Å². The summed E-state index contributed by atoms with van der Waals surface area (Å²) < 4.78 is 38.6. The average Bonchev–Trinajstić information content (AvgIpc) is 2.74. The number of aromatic nitrogens is 2. The highest BCUT2D eigenvalue weighted by molar-refractivity contribution is 6.07. The van der Waals surface area contributed by atoms with Gasteiger partial charge in [-0.3, -0.25) is 9.59 Å². The molecule has 1 heterocycles. The number of benzene rings is 2. The van der Waals surface area contributed by atoms with Crippen molar-refractivity contribution in [2.24, 2.45) is 0 Å². The lowest BCUT2D eigenvalue weighted by Crippen LogP contribution is -2.15. The van der Waals surface area contributed by atoms with Crippen molar-refractivity contribution in [3.8, 4) is 0 Å². The Hall–Kier alpha value is -4.01. The lowest BCUT2D eigenvalue weighted by Gasteiger charge is -2.12. The van der Waals surface area contributed by atoms with Crippen molar-refractivity contribution in [3.63, 3.8) is 0 Å². The predicted octanol–water partition coefficient (Wildman–Crippen LogP) is 4.71. The molecule has 0 radical (unpaired) electrons. The topological polar surface area (TPSA) is 84.0 Å². The van der Waals surface area contributed by atoms with Gasteiger partial charge in [-0.1, -0.05) is 12.1 Å². The van der Waals surface area contributed by atoms with Crippen LogP contribution in [0.2, 0.25) is 0 Å². The molecule has 3 rings (SSSR count). The summed E-state index contributed by atoms with van der Waals surface area (Å²) in [6, 6.07) is 8.95. The number of nitrogens with zero attached hydrogens (tertiary/aromatic N) is 2. The van der Waals surface area contributed by atoms with Gasteiger partial charge in [-0.05, 0) is 48.9 Å². The molecule has 0 saturated heterocycles. The molecule has 31 heavy (non-hydrogen) atoms. The lowest BCUT2D eigenvalue weighted by molar-refractivity contribution is -0.137. The van der Waals surface area contributed by atoms with Crippen LogP contribution in [0, 0.1) is 6.92 Å². The number of amides is 2. The fourth-order valence-corrected chi connectivity index (χ4v) is 2.62. The zero-order valence-corrected chi connectivity index (χ0v) is 16.3. The summed E-state index contributed by atoms with van der Waals surface area (Å²) in [6.45, 7) is 1.75. The van der Waals surface area contributed by atoms with Crippen molar-refractivity contribution >= 4 is 29.3 Å². The van der Waals surface area contributed by atoms with E-state index in [4.69, 9.17) is 0 Å². The molecule has 2 amide bonds. The summed E-state index contributed by atoms with van der Waals surface area (Å²) in [6.07, 6.45) is 2.78. The summed E-state index contributed by atoms with van der Waals surface area (Å²) in [7, 11) is 0. The van der Waals surface area contributed by atoms with Gasteiger partial charge < -0.3 is 10.6 Å². The van der Waals surface area contributed by atoms with E-state index in [-0.39, 0.29) is 11.3 Å². The Morgan fingerprint density at radius 1 is 1.00 bits per heavy atom. The van der Waals surface area contributed by atoms with Crippen LogP contribution in [-0.2, 0) is 11.0 Å². The van der Waals surface area contributed by atoms with E-state index < -0.39 is 23.6 Å². The van der Waals surface area contributed by atoms with E-state index in [1.807, 2.05) is 0 Å². The third-order valence-electron chi connectivity index (χ3n) is 4.21. The number of carbonyl (C=O) groups excluding carboxylic acids is 2. The van der Waals surface area contributed by atoms with E-state index in [9.17, 15) is 22.8 Å². The van der Waals surface area contributed by atoms with Crippen molar-refractivity contribution in [2.45, 2.75) is 13.1 Å². The molecule has 0 aliphatic carbocycles. The predicted molar refractivity (Wildman–Crippen MR) is 110 cm³/mol. The summed E-state index contributed by atoms with van der Waals surface area (Å²) in [5, 5.41) is 5.11. The highest BCUT2D eigenvalue weighted by Crippen LogP contribution is 2.30. The monoisotopic (exact) mass is 426 g/mol. The molecule has 0 atom stereocenters. The van der Waals surface area contributed by atoms with E-state index in [2.05, 4.69) is 20.6 Å². The second-order valence-corrected chi connectivity index (χ2v) is 6.56. The molecular weight excluding hydrogens is 409 g/mol. The summed E-state index contributed by atoms with van der Waals surface area (Å²) >= 11 is 0. The normalized spacial score (nSPS) is 11.4. The number of rotatable bonds is 5. The fourth-order valence-electron chi connectivity index (χ4n) is 2.62. The SMILES string of the molecule is Cc1ccc(C(=O)Nc2cccc(C(F)(F)F)c2)cc1NC(=O)/C=C/c1cncnc1. The Morgan fingerprint density at radius 3 is 2.45 bits per heavy atom. The molecule has 0 unspecified atom stereocenters. The first-order valence-electron chi connectivity index (χ1n) is 9.06. The first kappa shape index (κ1) is 21.7. The van der Waals surface area contributed by atoms with Gasteiger partial charge in [0.1, 0.15) is 6.33 Å². The Labute approximate surface area is 175 Å². The van der Waals surface area contributed by atoms with Gasteiger partial charge in [0.25, 0.3) is 5.91 Å². The molecule has 0 fully saturated rings. The number of hydrogen-bond acceptors (Lipinski definition) is 4. The molecule has 0 aliphatic heterocycles. The lowest BCUT2D eigenvalue weighted by atomic mass is 10.1. The van der Waals surface area contributed by atoms with E-state index in [1.165, 1.54) is 42.7 Å². The number of carbonyl (C=O) groups is 2. The molecule has 0 spiro atoms. The maximum absolute atomic E-state index is 12.9. The Bertz CT molecular complexity index is 1130. The summed E-state index contributed by atoms with van der Waals surface area (Å²) in [4.78, 5) is 32.4. The smallest absolute Gasteiger partial charge is 0.322 e. The minimum Gasteiger partial charge on any atom is -0.322 e. The van der Waals surface area contributed by atoms with Crippen molar-refractivity contribution < 1.29 is 22.8 Å². The highest BCUT2D eigenvalue weighted by atomic mass is 19.4. The number of alkyl halides is 3. The van der Waals surface area contributed by atoms with Crippen LogP contribution in [0.15, 0.2) is 67.3 Å². The number of anilines is 2. The number of aryl methyl sites for hydroxylation is 1. The second kappa shape index (κ2) is 9.21. The molecule has 0 saturated carbocycles. The molecule has 1 aromatic heterocycles. The molecule has 9 heteroatoms. The third kappa shape index (κ3) is 5.99. The van der Waals surface area contributed by atoms with Gasteiger partial charge in [0, 0.05) is 41.0 Å². The zero-order chi connectivity index (χ0) is 22.4. The molecule has 3 aromatic rings. The van der Waals surface area contributed by atoms with E-state index in [0.29, 0.717) is 16.8 Å². The summed E-state index contributed by atoms with van der Waals surface area (Å²) in [5.74, 6) is -1.03. The average molecular weight is 426 g/mol. The number of nitrogens with one attached hydrogen (secondary N) is 2. The molecule has 0 bridgehead atoms. The molecule has 2 aromatic carbocycles. The van der Waals surface area contributed by atoms with Gasteiger partial charge >= 0.3 is 6.18 Å². The molecule has 6 nitrogen and oxygen atoms in total. The Morgan fingerprint density at radius 2 is 1.74 bits per heavy atom. The van der Waals surface area contributed by atoms with Gasteiger partial charge in [0.05, 0.1) is 5.56 Å². The molecule has 0 aliphatic rings. The molecule has 158 valence electrons. The minimum absolute atomic E-state index is 0.0130. The number of halogens is 3. The highest BCUT2D eigenvalue weighted by Gasteiger charge is 2.30. The van der Waals surface area contributed by atoms with Crippen LogP contribution in [-0.4, -0.2) is 21.8 Å². The minimum atomic E-state index is -4.51. The first-order valence-corrected chi connectivity index (χ1v) is 9.06. The first-order chi connectivity index (χ1) is 14.7. The Balaban J connectivity index is 1.72. The molecular formula is C22H17F3N4O2. The fraction of sp³-hybridized carbons (Fsp3) is 0.0909. The maximum Gasteiger partial charge on any atom is 0.416 e. The van der Waals surface area contributed by atoms with Gasteiger partial charge in [-0.25, -0.2) is 9.97 Å².